The van der Waals surface area contributed by atoms with Crippen LogP contribution in [0.15, 0.2) is 0 Å². The van der Waals surface area contributed by atoms with E-state index in [2.05, 4.69) is 16.7 Å². The van der Waals surface area contributed by atoms with Gasteiger partial charge in [-0.25, -0.2) is 0 Å². The summed E-state index contributed by atoms with van der Waals surface area (Å²) in [7, 11) is 0. The lowest BCUT2D eigenvalue weighted by Gasteiger charge is -2.28. The second kappa shape index (κ2) is 2.74. The van der Waals surface area contributed by atoms with E-state index in [-0.39, 0.29) is 0 Å². The maximum Gasteiger partial charge on any atom is 0.0601 e. The lowest BCUT2D eigenvalue weighted by Crippen LogP contribution is -2.37. The Morgan fingerprint density at radius 1 is 1.50 bits per heavy atom. The molecule has 1 aliphatic rings. The summed E-state index contributed by atoms with van der Waals surface area (Å²) in [6, 6.07) is 0. The van der Waals surface area contributed by atoms with Gasteiger partial charge >= 0.3 is 0 Å². The van der Waals surface area contributed by atoms with Crippen molar-refractivity contribution in [2.75, 3.05) is 19.6 Å². The van der Waals surface area contributed by atoms with Gasteiger partial charge in [-0.3, -0.25) is 4.90 Å². The second-order valence-corrected chi connectivity index (χ2v) is 2.06. The van der Waals surface area contributed by atoms with Gasteiger partial charge in [0.15, 0.2) is 0 Å². The molecule has 0 bridgehead atoms. The number of nitrogens with zero attached hydrogens (tertiary/aromatic N) is 1. The monoisotopic (exact) mass is 109 g/mol. The third-order valence-electron chi connectivity index (χ3n) is 1.43. The van der Waals surface area contributed by atoms with E-state index in [0.29, 0.717) is 0 Å². The molecule has 8 heavy (non-hydrogen) atoms. The fraction of sp³-hybridized carbons (Fsp3) is 0.714. The normalized spacial score (nSPS) is 18.6. The molecule has 0 aromatic carbocycles. The maximum absolute atomic E-state index is 3.03. The highest BCUT2D eigenvalue weighted by atomic mass is 15.2. The molecule has 0 saturated carbocycles. The zero-order chi connectivity index (χ0) is 5.82. The molecule has 44 valence electrons. The summed E-state index contributed by atoms with van der Waals surface area (Å²) in [5.41, 5.74) is 0. The second-order valence-electron chi connectivity index (χ2n) is 2.06. The van der Waals surface area contributed by atoms with Crippen LogP contribution in [0.2, 0.25) is 0 Å². The largest absolute Gasteiger partial charge is 0.292 e. The van der Waals surface area contributed by atoms with Crippen LogP contribution in [0.1, 0.15) is 13.3 Å². The first-order valence-electron chi connectivity index (χ1n) is 3.05. The van der Waals surface area contributed by atoms with Crippen LogP contribution < -0.4 is 0 Å². The summed E-state index contributed by atoms with van der Waals surface area (Å²) >= 11 is 0. The Labute approximate surface area is 50.7 Å². The zero-order valence-electron chi connectivity index (χ0n) is 5.28. The van der Waals surface area contributed by atoms with E-state index >= 15 is 0 Å². The Bertz CT molecular complexity index is 114. The van der Waals surface area contributed by atoms with Gasteiger partial charge in [0.05, 0.1) is 6.54 Å². The molecule has 0 N–H and O–H groups in total. The molecule has 1 nitrogen and oxygen atoms in total. The van der Waals surface area contributed by atoms with Gasteiger partial charge in [0.2, 0.25) is 0 Å². The predicted octanol–water partition coefficient (Wildman–Crippen LogP) is 0.715. The summed E-state index contributed by atoms with van der Waals surface area (Å²) in [6.45, 7) is 5.39. The van der Waals surface area contributed by atoms with Crippen molar-refractivity contribution >= 4 is 0 Å². The van der Waals surface area contributed by atoms with Crippen LogP contribution >= 0.6 is 0 Å². The van der Waals surface area contributed by atoms with Crippen molar-refractivity contribution in [2.24, 2.45) is 0 Å². The van der Waals surface area contributed by atoms with Crippen molar-refractivity contribution in [1.29, 1.82) is 0 Å². The number of likely N-dealkylation sites (tertiary alicyclic amines) is 1. The standard InChI is InChI=1S/C7H11N/c1-2-3-5-8-6-4-7-8/h4-7H2,1H3. The first-order valence-corrected chi connectivity index (χ1v) is 3.05. The van der Waals surface area contributed by atoms with E-state index in [1.54, 1.807) is 0 Å². The average molecular weight is 109 g/mol. The van der Waals surface area contributed by atoms with Crippen molar-refractivity contribution < 1.29 is 0 Å². The van der Waals surface area contributed by atoms with Gasteiger partial charge in [0.1, 0.15) is 0 Å². The van der Waals surface area contributed by atoms with Crippen LogP contribution in [-0.2, 0) is 0 Å². The molecule has 0 unspecified atom stereocenters. The maximum atomic E-state index is 3.03. The summed E-state index contributed by atoms with van der Waals surface area (Å²) < 4.78 is 0. The minimum Gasteiger partial charge on any atom is -0.292 e. The number of rotatable bonds is 1. The molecule has 0 radical (unpaired) electrons. The molecule has 1 rings (SSSR count). The smallest absolute Gasteiger partial charge is 0.0601 e. The summed E-state index contributed by atoms with van der Waals surface area (Å²) in [4.78, 5) is 2.34. The fourth-order valence-corrected chi connectivity index (χ4v) is 0.731. The van der Waals surface area contributed by atoms with Crippen molar-refractivity contribution in [3.05, 3.63) is 0 Å². The predicted molar refractivity (Wildman–Crippen MR) is 34.5 cm³/mol. The molecular formula is C7H11N. The molecule has 1 aliphatic heterocycles. The van der Waals surface area contributed by atoms with E-state index < -0.39 is 0 Å². The first-order chi connectivity index (χ1) is 3.93. The Morgan fingerprint density at radius 3 is 2.62 bits per heavy atom. The Hall–Kier alpha value is -0.480. The molecule has 1 heterocycles. The Balaban J connectivity index is 2.07. The highest BCUT2D eigenvalue weighted by molar-refractivity contribution is 4.98. The third kappa shape index (κ3) is 1.24. The molecule has 0 spiro atoms. The van der Waals surface area contributed by atoms with Crippen LogP contribution in [0.25, 0.3) is 0 Å². The Morgan fingerprint density at radius 2 is 2.25 bits per heavy atom. The molecule has 1 heteroatoms. The van der Waals surface area contributed by atoms with E-state index in [1.165, 1.54) is 19.5 Å². The molecule has 0 amide bonds. The SMILES string of the molecule is CC#CCN1CCC1. The van der Waals surface area contributed by atoms with Crippen molar-refractivity contribution in [3.8, 4) is 11.8 Å². The first kappa shape index (κ1) is 5.65. The van der Waals surface area contributed by atoms with E-state index in [9.17, 15) is 0 Å². The average Bonchev–Trinajstić information content (AvgIpc) is 1.63. The van der Waals surface area contributed by atoms with Gasteiger partial charge in [-0.1, -0.05) is 5.92 Å². The molecule has 1 saturated heterocycles. The van der Waals surface area contributed by atoms with Gasteiger partial charge in [0.25, 0.3) is 0 Å². The minimum atomic E-state index is 0.983. The highest BCUT2D eigenvalue weighted by Gasteiger charge is 2.10. The number of hydrogen-bond donors (Lipinski definition) is 0. The lowest BCUT2D eigenvalue weighted by molar-refractivity contribution is 0.207. The molecule has 0 aliphatic carbocycles. The van der Waals surface area contributed by atoms with Crippen LogP contribution in [0.4, 0.5) is 0 Å². The van der Waals surface area contributed by atoms with E-state index in [4.69, 9.17) is 0 Å². The molecular weight excluding hydrogens is 98.1 g/mol. The zero-order valence-corrected chi connectivity index (χ0v) is 5.28. The quantitative estimate of drug-likeness (QED) is 0.448. The topological polar surface area (TPSA) is 3.24 Å². The van der Waals surface area contributed by atoms with Crippen molar-refractivity contribution in [1.82, 2.24) is 4.90 Å². The molecule has 0 aromatic rings. The fourth-order valence-electron chi connectivity index (χ4n) is 0.731. The van der Waals surface area contributed by atoms with Gasteiger partial charge in [-0.15, -0.1) is 5.92 Å². The third-order valence-corrected chi connectivity index (χ3v) is 1.43. The van der Waals surface area contributed by atoms with Crippen molar-refractivity contribution in [3.63, 3.8) is 0 Å². The number of hydrogen-bond acceptors (Lipinski definition) is 1. The van der Waals surface area contributed by atoms with Crippen molar-refractivity contribution in [2.45, 2.75) is 13.3 Å². The van der Waals surface area contributed by atoms with Gasteiger partial charge in [-0.2, -0.15) is 0 Å². The van der Waals surface area contributed by atoms with Crippen LogP contribution in [-0.4, -0.2) is 24.5 Å². The summed E-state index contributed by atoms with van der Waals surface area (Å²) in [6.07, 6.45) is 1.37. The Kier molecular flexibility index (Phi) is 1.93. The van der Waals surface area contributed by atoms with E-state index in [0.717, 1.165) is 6.54 Å². The van der Waals surface area contributed by atoms with Gasteiger partial charge in [-0.05, 0) is 13.3 Å². The van der Waals surface area contributed by atoms with Crippen LogP contribution in [0, 0.1) is 11.8 Å². The van der Waals surface area contributed by atoms with E-state index in [1.807, 2.05) is 6.92 Å². The van der Waals surface area contributed by atoms with Gasteiger partial charge < -0.3 is 0 Å². The molecule has 0 aromatic heterocycles. The molecule has 1 fully saturated rings. The lowest BCUT2D eigenvalue weighted by atomic mass is 10.2. The minimum absolute atomic E-state index is 0.983. The molecule has 0 atom stereocenters. The summed E-state index contributed by atoms with van der Waals surface area (Å²) in [5, 5.41) is 0. The van der Waals surface area contributed by atoms with Crippen LogP contribution in [0.5, 0.6) is 0 Å². The highest BCUT2D eigenvalue weighted by Crippen LogP contribution is 2.02. The summed E-state index contributed by atoms with van der Waals surface area (Å²) in [5.74, 6) is 5.90. The van der Waals surface area contributed by atoms with Gasteiger partial charge in [0, 0.05) is 13.1 Å². The van der Waals surface area contributed by atoms with Crippen LogP contribution in [0.3, 0.4) is 0 Å².